The largest absolute Gasteiger partial charge is 0.480 e. The zero-order valence-corrected chi connectivity index (χ0v) is 14.6. The highest BCUT2D eigenvalue weighted by Gasteiger charge is 2.33. The summed E-state index contributed by atoms with van der Waals surface area (Å²) < 4.78 is 0. The smallest absolute Gasteiger partial charge is 0.323 e. The van der Waals surface area contributed by atoms with Gasteiger partial charge in [0.1, 0.15) is 12.6 Å². The standard InChI is InChI=1S/C18H25N3O5/c19-10-4-3-6-14(18(25)26)20-13-9-8-12-5-1-2-7-15(12)21(17(13)24)11-16(22)23/h1-2,5,7,13-14,20H,3-4,6,8-11,19H2,(H,22,23)(H,25,26)/t13-,14?/m0/s1. The van der Waals surface area contributed by atoms with Crippen LogP contribution in [-0.4, -0.2) is 53.2 Å². The van der Waals surface area contributed by atoms with E-state index in [1.165, 1.54) is 4.90 Å². The van der Waals surface area contributed by atoms with Gasteiger partial charge in [-0.2, -0.15) is 0 Å². The van der Waals surface area contributed by atoms with E-state index in [0.717, 1.165) is 5.56 Å². The minimum Gasteiger partial charge on any atom is -0.480 e. The van der Waals surface area contributed by atoms with E-state index < -0.39 is 36.5 Å². The van der Waals surface area contributed by atoms with Crippen LogP contribution in [-0.2, 0) is 20.8 Å². The second-order valence-electron chi connectivity index (χ2n) is 6.38. The van der Waals surface area contributed by atoms with Gasteiger partial charge in [0.2, 0.25) is 5.91 Å². The van der Waals surface area contributed by atoms with Crippen molar-refractivity contribution < 1.29 is 24.6 Å². The Labute approximate surface area is 152 Å². The second kappa shape index (κ2) is 9.30. The van der Waals surface area contributed by atoms with Gasteiger partial charge in [0.05, 0.1) is 6.04 Å². The summed E-state index contributed by atoms with van der Waals surface area (Å²) in [6.45, 7) is 0.0232. The Balaban J connectivity index is 2.20. The number of nitrogens with two attached hydrogens (primary N) is 1. The van der Waals surface area contributed by atoms with E-state index in [1.807, 2.05) is 12.1 Å². The van der Waals surface area contributed by atoms with Crippen LogP contribution in [0.1, 0.15) is 31.2 Å². The van der Waals surface area contributed by atoms with Crippen LogP contribution in [0.15, 0.2) is 24.3 Å². The van der Waals surface area contributed by atoms with Crippen molar-refractivity contribution in [1.29, 1.82) is 0 Å². The van der Waals surface area contributed by atoms with Crippen LogP contribution in [0.25, 0.3) is 0 Å². The lowest BCUT2D eigenvalue weighted by Crippen LogP contribution is -2.52. The summed E-state index contributed by atoms with van der Waals surface area (Å²) in [6.07, 6.45) is 2.68. The number of fused-ring (bicyclic) bond motifs is 1. The van der Waals surface area contributed by atoms with Crippen LogP contribution < -0.4 is 16.0 Å². The molecule has 1 unspecified atom stereocenters. The molecule has 8 nitrogen and oxygen atoms in total. The monoisotopic (exact) mass is 363 g/mol. The molecule has 0 radical (unpaired) electrons. The zero-order chi connectivity index (χ0) is 19.1. The third-order valence-electron chi connectivity index (χ3n) is 4.49. The van der Waals surface area contributed by atoms with Gasteiger partial charge in [0.25, 0.3) is 0 Å². The molecule has 1 amide bonds. The first-order valence-corrected chi connectivity index (χ1v) is 8.74. The summed E-state index contributed by atoms with van der Waals surface area (Å²) >= 11 is 0. The number of carbonyl (C=O) groups excluding carboxylic acids is 1. The van der Waals surface area contributed by atoms with Crippen LogP contribution in [0.3, 0.4) is 0 Å². The number of carboxylic acids is 2. The molecule has 2 rings (SSSR count). The molecule has 5 N–H and O–H groups in total. The van der Waals surface area contributed by atoms with Gasteiger partial charge in [0, 0.05) is 5.69 Å². The summed E-state index contributed by atoms with van der Waals surface area (Å²) in [5, 5.41) is 21.5. The van der Waals surface area contributed by atoms with Gasteiger partial charge in [0.15, 0.2) is 0 Å². The third-order valence-corrected chi connectivity index (χ3v) is 4.49. The van der Waals surface area contributed by atoms with Crippen molar-refractivity contribution >= 4 is 23.5 Å². The molecular formula is C18H25N3O5. The van der Waals surface area contributed by atoms with E-state index in [2.05, 4.69) is 5.32 Å². The Bertz CT molecular complexity index is 664. The molecule has 0 saturated carbocycles. The van der Waals surface area contributed by atoms with E-state index in [0.29, 0.717) is 44.3 Å². The first-order valence-electron chi connectivity index (χ1n) is 8.74. The van der Waals surface area contributed by atoms with E-state index in [1.54, 1.807) is 12.1 Å². The molecule has 26 heavy (non-hydrogen) atoms. The van der Waals surface area contributed by atoms with Gasteiger partial charge in [-0.3, -0.25) is 24.6 Å². The number of amides is 1. The lowest BCUT2D eigenvalue weighted by Gasteiger charge is -2.26. The van der Waals surface area contributed by atoms with E-state index in [4.69, 9.17) is 5.73 Å². The molecule has 1 heterocycles. The molecular weight excluding hydrogens is 338 g/mol. The Hall–Kier alpha value is -2.45. The number of anilines is 1. The minimum absolute atomic E-state index is 0.363. The number of unbranched alkanes of at least 4 members (excludes halogenated alkanes) is 1. The number of carbonyl (C=O) groups is 3. The normalized spacial score (nSPS) is 18.1. The Morgan fingerprint density at radius 1 is 1.27 bits per heavy atom. The van der Waals surface area contributed by atoms with Gasteiger partial charge in [-0.05, 0) is 43.9 Å². The number of nitrogens with one attached hydrogen (secondary N) is 1. The highest BCUT2D eigenvalue weighted by atomic mass is 16.4. The molecule has 0 bridgehead atoms. The zero-order valence-electron chi connectivity index (χ0n) is 14.6. The summed E-state index contributed by atoms with van der Waals surface area (Å²) in [4.78, 5) is 36.9. The molecule has 0 aromatic heterocycles. The van der Waals surface area contributed by atoms with Crippen molar-refractivity contribution in [1.82, 2.24) is 5.32 Å². The van der Waals surface area contributed by atoms with Gasteiger partial charge in [-0.1, -0.05) is 24.6 Å². The quantitative estimate of drug-likeness (QED) is 0.472. The average Bonchev–Trinajstić information content (AvgIpc) is 2.72. The van der Waals surface area contributed by atoms with E-state index in [9.17, 15) is 24.6 Å². The van der Waals surface area contributed by atoms with Crippen molar-refractivity contribution in [2.45, 2.75) is 44.2 Å². The van der Waals surface area contributed by atoms with Crippen LogP contribution >= 0.6 is 0 Å². The molecule has 1 aromatic rings. The van der Waals surface area contributed by atoms with Crippen molar-refractivity contribution in [2.24, 2.45) is 5.73 Å². The maximum atomic E-state index is 12.9. The van der Waals surface area contributed by atoms with Crippen molar-refractivity contribution in [3.05, 3.63) is 29.8 Å². The molecule has 0 spiro atoms. The maximum Gasteiger partial charge on any atom is 0.323 e. The Kier molecular flexibility index (Phi) is 7.11. The molecule has 1 aliphatic heterocycles. The summed E-state index contributed by atoms with van der Waals surface area (Å²) in [7, 11) is 0. The fourth-order valence-electron chi connectivity index (χ4n) is 3.18. The van der Waals surface area contributed by atoms with Crippen molar-refractivity contribution in [2.75, 3.05) is 18.0 Å². The lowest BCUT2D eigenvalue weighted by atomic mass is 10.0. The van der Waals surface area contributed by atoms with Crippen LogP contribution in [0.4, 0.5) is 5.69 Å². The number of hydrogen-bond acceptors (Lipinski definition) is 5. The molecule has 142 valence electrons. The lowest BCUT2D eigenvalue weighted by molar-refractivity contribution is -0.140. The highest BCUT2D eigenvalue weighted by Crippen LogP contribution is 2.27. The topological polar surface area (TPSA) is 133 Å². The van der Waals surface area contributed by atoms with Crippen molar-refractivity contribution in [3.63, 3.8) is 0 Å². The summed E-state index contributed by atoms with van der Waals surface area (Å²) in [6, 6.07) is 5.54. The van der Waals surface area contributed by atoms with Gasteiger partial charge < -0.3 is 15.9 Å². The first-order chi connectivity index (χ1) is 12.4. The average molecular weight is 363 g/mol. The first kappa shape index (κ1) is 19.9. The van der Waals surface area contributed by atoms with Gasteiger partial charge in [-0.25, -0.2) is 0 Å². The van der Waals surface area contributed by atoms with Crippen molar-refractivity contribution in [3.8, 4) is 0 Å². The summed E-state index contributed by atoms with van der Waals surface area (Å²) in [5.41, 5.74) is 6.89. The third kappa shape index (κ3) is 5.03. The Morgan fingerprint density at radius 2 is 2.00 bits per heavy atom. The number of aliphatic carboxylic acids is 2. The molecule has 1 aromatic carbocycles. The van der Waals surface area contributed by atoms with Crippen LogP contribution in [0.5, 0.6) is 0 Å². The maximum absolute atomic E-state index is 12.9. The second-order valence-corrected chi connectivity index (χ2v) is 6.38. The minimum atomic E-state index is -1.12. The number of nitrogens with zero attached hydrogens (tertiary/aromatic N) is 1. The van der Waals surface area contributed by atoms with Gasteiger partial charge in [-0.15, -0.1) is 0 Å². The SMILES string of the molecule is NCCCCC(N[C@H]1CCc2ccccc2N(CC(=O)O)C1=O)C(=O)O. The number of benzene rings is 1. The molecule has 8 heteroatoms. The predicted molar refractivity (Wildman–Crippen MR) is 96.0 cm³/mol. The molecule has 0 saturated heterocycles. The molecule has 0 fully saturated rings. The van der Waals surface area contributed by atoms with Crippen LogP contribution in [0, 0.1) is 0 Å². The molecule has 2 atom stereocenters. The fraction of sp³-hybridized carbons (Fsp3) is 0.500. The van der Waals surface area contributed by atoms with E-state index >= 15 is 0 Å². The number of aryl methyl sites for hydroxylation is 1. The highest BCUT2D eigenvalue weighted by molar-refractivity contribution is 6.02. The number of carboxylic acid groups (broad SMARTS) is 2. The van der Waals surface area contributed by atoms with Gasteiger partial charge >= 0.3 is 11.9 Å². The predicted octanol–water partition coefficient (Wildman–Crippen LogP) is 0.591. The van der Waals surface area contributed by atoms with E-state index in [-0.39, 0.29) is 0 Å². The number of hydrogen-bond donors (Lipinski definition) is 4. The number of para-hydroxylation sites is 1. The fourth-order valence-corrected chi connectivity index (χ4v) is 3.18. The Morgan fingerprint density at radius 3 is 2.65 bits per heavy atom. The molecule has 0 aliphatic carbocycles. The van der Waals surface area contributed by atoms with Crippen LogP contribution in [0.2, 0.25) is 0 Å². The molecule has 1 aliphatic rings. The summed E-state index contributed by atoms with van der Waals surface area (Å²) in [5.74, 6) is -2.56. The number of rotatable bonds is 9.